The zero-order chi connectivity index (χ0) is 13.9. The monoisotopic (exact) mass is 265 g/mol. The molecule has 0 aliphatic carbocycles. The summed E-state index contributed by atoms with van der Waals surface area (Å²) in [6.45, 7) is 2.97. The van der Waals surface area contributed by atoms with Crippen molar-refractivity contribution in [3.63, 3.8) is 0 Å². The Balaban J connectivity index is 2.05. The van der Waals surface area contributed by atoms with Gasteiger partial charge in [0.2, 0.25) is 0 Å². The van der Waals surface area contributed by atoms with E-state index < -0.39 is 11.4 Å². The van der Waals surface area contributed by atoms with E-state index in [0.717, 1.165) is 23.4 Å². The summed E-state index contributed by atoms with van der Waals surface area (Å²) in [5.41, 5.74) is 1.22. The average Bonchev–Trinajstić information content (AvgIpc) is 2.36. The Morgan fingerprint density at radius 1 is 1.53 bits per heavy atom. The molecule has 0 spiro atoms. The van der Waals surface area contributed by atoms with Gasteiger partial charge in [-0.15, -0.1) is 0 Å². The first-order chi connectivity index (χ1) is 9.11. The molecule has 0 atom stereocenters. The first-order valence-electron chi connectivity index (χ1n) is 6.33. The maximum Gasteiger partial charge on any atom is 0.316 e. The van der Waals surface area contributed by atoms with Crippen LogP contribution in [0.1, 0.15) is 12.5 Å². The highest BCUT2D eigenvalue weighted by Crippen LogP contribution is 2.29. The molecule has 1 aromatic carbocycles. The fourth-order valence-electron chi connectivity index (χ4n) is 2.09. The maximum absolute atomic E-state index is 11.2. The first-order valence-corrected chi connectivity index (χ1v) is 6.33. The normalized spacial score (nSPS) is 16.5. The van der Waals surface area contributed by atoms with Crippen molar-refractivity contribution < 1.29 is 19.4 Å². The van der Waals surface area contributed by atoms with Gasteiger partial charge in [0.05, 0.1) is 20.3 Å². The number of hydrogen-bond donors (Lipinski definition) is 2. The lowest BCUT2D eigenvalue weighted by atomic mass is 9.86. The van der Waals surface area contributed by atoms with E-state index in [1.807, 2.05) is 18.2 Å². The smallest absolute Gasteiger partial charge is 0.316 e. The number of carboxylic acid groups (broad SMARTS) is 1. The van der Waals surface area contributed by atoms with Crippen molar-refractivity contribution in [2.45, 2.75) is 13.3 Å². The summed E-state index contributed by atoms with van der Waals surface area (Å²) >= 11 is 0. The molecule has 104 valence electrons. The summed E-state index contributed by atoms with van der Waals surface area (Å²) < 4.78 is 10.3. The highest BCUT2D eigenvalue weighted by molar-refractivity contribution is 5.77. The van der Waals surface area contributed by atoms with Crippen molar-refractivity contribution in [2.75, 3.05) is 32.2 Å². The third-order valence-electron chi connectivity index (χ3n) is 3.50. The largest absolute Gasteiger partial charge is 0.496 e. The second-order valence-electron chi connectivity index (χ2n) is 4.81. The Kier molecular flexibility index (Phi) is 3.95. The predicted molar refractivity (Wildman–Crippen MR) is 71.7 cm³/mol. The Morgan fingerprint density at radius 3 is 2.74 bits per heavy atom. The Morgan fingerprint density at radius 2 is 2.26 bits per heavy atom. The van der Waals surface area contributed by atoms with Crippen LogP contribution in [-0.2, 0) is 16.0 Å². The standard InChI is InChI=1S/C14H19NO4/c1-3-10-6-11(4-5-12(10)18-2)15-7-14(13(16)17)8-19-9-14/h4-6,15H,3,7-9H2,1-2H3,(H,16,17). The van der Waals surface area contributed by atoms with Gasteiger partial charge in [-0.05, 0) is 30.2 Å². The second-order valence-corrected chi connectivity index (χ2v) is 4.81. The molecule has 19 heavy (non-hydrogen) atoms. The molecular weight excluding hydrogens is 246 g/mol. The van der Waals surface area contributed by atoms with E-state index in [9.17, 15) is 9.90 Å². The molecule has 1 heterocycles. The van der Waals surface area contributed by atoms with Gasteiger partial charge in [0, 0.05) is 12.2 Å². The molecular formula is C14H19NO4. The lowest BCUT2D eigenvalue weighted by molar-refractivity contribution is -0.176. The predicted octanol–water partition coefficient (Wildman–Crippen LogP) is 1.77. The quantitative estimate of drug-likeness (QED) is 0.820. The zero-order valence-electron chi connectivity index (χ0n) is 11.2. The van der Waals surface area contributed by atoms with Gasteiger partial charge in [-0.3, -0.25) is 4.79 Å². The number of carbonyl (C=O) groups is 1. The van der Waals surface area contributed by atoms with E-state index in [4.69, 9.17) is 9.47 Å². The first kappa shape index (κ1) is 13.7. The number of anilines is 1. The maximum atomic E-state index is 11.2. The van der Waals surface area contributed by atoms with Gasteiger partial charge >= 0.3 is 5.97 Å². The molecule has 0 saturated carbocycles. The Labute approximate surface area is 112 Å². The van der Waals surface area contributed by atoms with Crippen molar-refractivity contribution in [1.82, 2.24) is 0 Å². The number of aryl methyl sites for hydroxylation is 1. The van der Waals surface area contributed by atoms with Crippen molar-refractivity contribution in [3.05, 3.63) is 23.8 Å². The van der Waals surface area contributed by atoms with Crippen LogP contribution in [0.2, 0.25) is 0 Å². The molecule has 5 nitrogen and oxygen atoms in total. The van der Waals surface area contributed by atoms with Gasteiger partial charge in [0.15, 0.2) is 0 Å². The van der Waals surface area contributed by atoms with Crippen LogP contribution >= 0.6 is 0 Å². The molecule has 0 bridgehead atoms. The highest BCUT2D eigenvalue weighted by Gasteiger charge is 2.46. The topological polar surface area (TPSA) is 67.8 Å². The van der Waals surface area contributed by atoms with Crippen molar-refractivity contribution in [3.8, 4) is 5.75 Å². The van der Waals surface area contributed by atoms with Gasteiger partial charge < -0.3 is 19.9 Å². The van der Waals surface area contributed by atoms with Crippen LogP contribution < -0.4 is 10.1 Å². The summed E-state index contributed by atoms with van der Waals surface area (Å²) in [7, 11) is 1.65. The molecule has 0 amide bonds. The SMILES string of the molecule is CCc1cc(NCC2(C(=O)O)COC2)ccc1OC. The van der Waals surface area contributed by atoms with E-state index in [1.165, 1.54) is 0 Å². The summed E-state index contributed by atoms with van der Waals surface area (Å²) in [5, 5.41) is 12.4. The van der Waals surface area contributed by atoms with E-state index in [1.54, 1.807) is 7.11 Å². The summed E-state index contributed by atoms with van der Waals surface area (Å²) in [6, 6.07) is 5.78. The van der Waals surface area contributed by atoms with Crippen LogP contribution in [0.25, 0.3) is 0 Å². The van der Waals surface area contributed by atoms with Gasteiger partial charge in [0.25, 0.3) is 0 Å². The average molecular weight is 265 g/mol. The minimum absolute atomic E-state index is 0.270. The van der Waals surface area contributed by atoms with Gasteiger partial charge in [-0.25, -0.2) is 0 Å². The molecule has 2 rings (SSSR count). The molecule has 0 radical (unpaired) electrons. The number of hydrogen-bond acceptors (Lipinski definition) is 4. The number of nitrogens with one attached hydrogen (secondary N) is 1. The molecule has 2 N–H and O–H groups in total. The van der Waals surface area contributed by atoms with Crippen LogP contribution in [0.5, 0.6) is 5.75 Å². The second kappa shape index (κ2) is 5.48. The van der Waals surface area contributed by atoms with Crippen molar-refractivity contribution >= 4 is 11.7 Å². The minimum atomic E-state index is -0.810. The van der Waals surface area contributed by atoms with E-state index in [0.29, 0.717) is 6.54 Å². The fraction of sp³-hybridized carbons (Fsp3) is 0.500. The Hall–Kier alpha value is -1.75. The number of carboxylic acids is 1. The molecule has 1 fully saturated rings. The minimum Gasteiger partial charge on any atom is -0.496 e. The van der Waals surface area contributed by atoms with Crippen molar-refractivity contribution in [2.24, 2.45) is 5.41 Å². The third-order valence-corrected chi connectivity index (χ3v) is 3.50. The van der Waals surface area contributed by atoms with Gasteiger partial charge in [0.1, 0.15) is 11.2 Å². The Bertz CT molecular complexity index is 469. The molecule has 5 heteroatoms. The summed E-state index contributed by atoms with van der Waals surface area (Å²) in [6.07, 6.45) is 0.867. The number of rotatable bonds is 6. The summed E-state index contributed by atoms with van der Waals surface area (Å²) in [5.74, 6) is 0.0449. The van der Waals surface area contributed by atoms with Crippen LogP contribution in [0.4, 0.5) is 5.69 Å². The highest BCUT2D eigenvalue weighted by atomic mass is 16.5. The lowest BCUT2D eigenvalue weighted by Crippen LogP contribution is -2.53. The number of benzene rings is 1. The fourth-order valence-corrected chi connectivity index (χ4v) is 2.09. The van der Waals surface area contributed by atoms with E-state index in [2.05, 4.69) is 12.2 Å². The van der Waals surface area contributed by atoms with Crippen molar-refractivity contribution in [1.29, 1.82) is 0 Å². The van der Waals surface area contributed by atoms with E-state index in [-0.39, 0.29) is 13.2 Å². The van der Waals surface area contributed by atoms with Gasteiger partial charge in [-0.1, -0.05) is 6.92 Å². The number of aliphatic carboxylic acids is 1. The van der Waals surface area contributed by atoms with Gasteiger partial charge in [-0.2, -0.15) is 0 Å². The molecule has 1 aliphatic heterocycles. The van der Waals surface area contributed by atoms with Crippen LogP contribution in [0, 0.1) is 5.41 Å². The third kappa shape index (κ3) is 2.66. The number of ether oxygens (including phenoxy) is 2. The van der Waals surface area contributed by atoms with Crippen LogP contribution in [0.15, 0.2) is 18.2 Å². The lowest BCUT2D eigenvalue weighted by Gasteiger charge is -2.37. The molecule has 0 aromatic heterocycles. The molecule has 1 saturated heterocycles. The number of methoxy groups -OCH3 is 1. The molecule has 0 unspecified atom stereocenters. The van der Waals surface area contributed by atoms with E-state index >= 15 is 0 Å². The summed E-state index contributed by atoms with van der Waals surface area (Å²) in [4.78, 5) is 11.2. The van der Waals surface area contributed by atoms with Crippen LogP contribution in [0.3, 0.4) is 0 Å². The van der Waals surface area contributed by atoms with Crippen LogP contribution in [-0.4, -0.2) is 37.9 Å². The molecule has 1 aliphatic rings. The molecule has 1 aromatic rings. The zero-order valence-corrected chi connectivity index (χ0v) is 11.2.